The molecule has 3 aromatic rings. The first kappa shape index (κ1) is 16.9. The van der Waals surface area contributed by atoms with E-state index in [9.17, 15) is 4.79 Å². The topological polar surface area (TPSA) is 65.4 Å². The summed E-state index contributed by atoms with van der Waals surface area (Å²) in [5, 5.41) is 3.70. The first-order chi connectivity index (χ1) is 13.1. The predicted molar refractivity (Wildman–Crippen MR) is 106 cm³/mol. The minimum absolute atomic E-state index is 0.263. The van der Waals surface area contributed by atoms with Crippen molar-refractivity contribution in [2.75, 3.05) is 18.5 Å². The number of nitrogens with zero attached hydrogens (tertiary/aromatic N) is 2. The summed E-state index contributed by atoms with van der Waals surface area (Å²) in [7, 11) is 1.94. The van der Waals surface area contributed by atoms with Crippen molar-refractivity contribution in [2.45, 2.75) is 0 Å². The van der Waals surface area contributed by atoms with Gasteiger partial charge in [-0.05, 0) is 29.8 Å². The van der Waals surface area contributed by atoms with Crippen LogP contribution in [0.5, 0.6) is 11.5 Å². The fourth-order valence-corrected chi connectivity index (χ4v) is 3.03. The van der Waals surface area contributed by atoms with Gasteiger partial charge in [0.2, 0.25) is 5.91 Å². The van der Waals surface area contributed by atoms with E-state index in [1.807, 2.05) is 54.2 Å². The third-order valence-corrected chi connectivity index (χ3v) is 4.32. The van der Waals surface area contributed by atoms with Gasteiger partial charge in [0.1, 0.15) is 18.9 Å². The van der Waals surface area contributed by atoms with E-state index in [1.165, 1.54) is 6.08 Å². The number of benzene rings is 1. The summed E-state index contributed by atoms with van der Waals surface area (Å²) >= 11 is 0. The van der Waals surface area contributed by atoms with Crippen LogP contribution in [0.25, 0.3) is 23.2 Å². The maximum absolute atomic E-state index is 11.5. The molecule has 0 radical (unpaired) electrons. The lowest BCUT2D eigenvalue weighted by Crippen LogP contribution is -2.15. The van der Waals surface area contributed by atoms with Crippen LogP contribution in [0.4, 0.5) is 5.69 Å². The van der Waals surface area contributed by atoms with Crippen molar-refractivity contribution in [1.29, 1.82) is 0 Å². The summed E-state index contributed by atoms with van der Waals surface area (Å²) in [4.78, 5) is 16.0. The molecule has 136 valence electrons. The first-order valence-corrected chi connectivity index (χ1v) is 8.60. The Morgan fingerprint density at radius 1 is 1.22 bits per heavy atom. The number of carbonyl (C=O) groups excluding carboxylic acids is 1. The van der Waals surface area contributed by atoms with Crippen molar-refractivity contribution >= 4 is 34.8 Å². The number of ether oxygens (including phenoxy) is 2. The minimum Gasteiger partial charge on any atom is -0.486 e. The molecule has 0 saturated heterocycles. The Morgan fingerprint density at radius 2 is 2.04 bits per heavy atom. The number of pyridine rings is 1. The van der Waals surface area contributed by atoms with Crippen LogP contribution in [0.15, 0.2) is 49.3 Å². The van der Waals surface area contributed by atoms with Gasteiger partial charge in [0.05, 0.1) is 11.9 Å². The van der Waals surface area contributed by atoms with E-state index >= 15 is 0 Å². The van der Waals surface area contributed by atoms with Gasteiger partial charge in [0.25, 0.3) is 0 Å². The standard InChI is InChI=1S/C21H19N3O3/c1-3-20(25)23-16-11-17-15(13-24(2)21(17)22-12-16)6-4-14-5-7-18-19(10-14)27-9-8-26-18/h3-7,10-13H,1,8-9H2,2H3,(H,23,25). The maximum atomic E-state index is 11.5. The van der Waals surface area contributed by atoms with E-state index in [1.54, 1.807) is 6.20 Å². The molecule has 0 unspecified atom stereocenters. The van der Waals surface area contributed by atoms with Gasteiger partial charge in [0, 0.05) is 24.2 Å². The van der Waals surface area contributed by atoms with Gasteiger partial charge in [-0.15, -0.1) is 0 Å². The molecule has 0 fully saturated rings. The Balaban J connectivity index is 1.66. The molecule has 1 amide bonds. The van der Waals surface area contributed by atoms with Gasteiger partial charge in [-0.25, -0.2) is 4.98 Å². The third-order valence-electron chi connectivity index (χ3n) is 4.32. The molecular formula is C21H19N3O3. The lowest BCUT2D eigenvalue weighted by atomic mass is 10.1. The Morgan fingerprint density at radius 3 is 2.85 bits per heavy atom. The van der Waals surface area contributed by atoms with Gasteiger partial charge in [-0.1, -0.05) is 24.8 Å². The van der Waals surface area contributed by atoms with Crippen LogP contribution in [-0.4, -0.2) is 28.7 Å². The van der Waals surface area contributed by atoms with Gasteiger partial charge >= 0.3 is 0 Å². The second-order valence-corrected chi connectivity index (χ2v) is 6.22. The molecule has 0 aliphatic carbocycles. The molecule has 0 atom stereocenters. The number of hydrogen-bond acceptors (Lipinski definition) is 4. The fourth-order valence-electron chi connectivity index (χ4n) is 3.03. The Labute approximate surface area is 156 Å². The molecule has 1 aromatic carbocycles. The Bertz CT molecular complexity index is 1070. The molecule has 0 saturated carbocycles. The maximum Gasteiger partial charge on any atom is 0.247 e. The quantitative estimate of drug-likeness (QED) is 0.721. The van der Waals surface area contributed by atoms with Crippen molar-refractivity contribution in [3.05, 3.63) is 60.4 Å². The third kappa shape index (κ3) is 3.42. The van der Waals surface area contributed by atoms with E-state index in [4.69, 9.17) is 9.47 Å². The lowest BCUT2D eigenvalue weighted by Gasteiger charge is -2.18. The number of aromatic nitrogens is 2. The van der Waals surface area contributed by atoms with Crippen LogP contribution in [-0.2, 0) is 11.8 Å². The van der Waals surface area contributed by atoms with E-state index < -0.39 is 0 Å². The van der Waals surface area contributed by atoms with Crippen molar-refractivity contribution in [1.82, 2.24) is 9.55 Å². The van der Waals surface area contributed by atoms with Gasteiger partial charge in [0.15, 0.2) is 11.5 Å². The van der Waals surface area contributed by atoms with E-state index in [0.717, 1.165) is 33.7 Å². The summed E-state index contributed by atoms with van der Waals surface area (Å²) in [6.07, 6.45) is 8.91. The highest BCUT2D eigenvalue weighted by Gasteiger charge is 2.11. The van der Waals surface area contributed by atoms with Crippen LogP contribution in [0.1, 0.15) is 11.1 Å². The number of hydrogen-bond donors (Lipinski definition) is 1. The molecule has 6 heteroatoms. The molecule has 1 aliphatic rings. The smallest absolute Gasteiger partial charge is 0.247 e. The lowest BCUT2D eigenvalue weighted by molar-refractivity contribution is -0.111. The van der Waals surface area contributed by atoms with Gasteiger partial charge in [-0.3, -0.25) is 4.79 Å². The average Bonchev–Trinajstić information content (AvgIpc) is 3.01. The SMILES string of the molecule is C=CC(=O)Nc1cnc2c(c1)c(C=Cc1ccc3c(c1)OCCO3)cn2C. The van der Waals surface area contributed by atoms with Crippen molar-refractivity contribution in [3.63, 3.8) is 0 Å². The number of anilines is 1. The second-order valence-electron chi connectivity index (χ2n) is 6.22. The van der Waals surface area contributed by atoms with Crippen LogP contribution in [0.3, 0.4) is 0 Å². The summed E-state index contributed by atoms with van der Waals surface area (Å²) in [5.41, 5.74) is 3.49. The molecular weight excluding hydrogens is 342 g/mol. The summed E-state index contributed by atoms with van der Waals surface area (Å²) in [6, 6.07) is 7.78. The number of aryl methyl sites for hydroxylation is 1. The van der Waals surface area contributed by atoms with Crippen molar-refractivity contribution in [3.8, 4) is 11.5 Å². The molecule has 2 aromatic heterocycles. The highest BCUT2D eigenvalue weighted by Crippen LogP contribution is 2.31. The zero-order chi connectivity index (χ0) is 18.8. The first-order valence-electron chi connectivity index (χ1n) is 8.60. The number of nitrogens with one attached hydrogen (secondary N) is 1. The Kier molecular flexibility index (Phi) is 4.38. The van der Waals surface area contributed by atoms with Crippen LogP contribution >= 0.6 is 0 Å². The van der Waals surface area contributed by atoms with Crippen LogP contribution in [0.2, 0.25) is 0 Å². The summed E-state index contributed by atoms with van der Waals surface area (Å²) in [5.74, 6) is 1.27. The largest absolute Gasteiger partial charge is 0.486 e. The van der Waals surface area contributed by atoms with Crippen LogP contribution < -0.4 is 14.8 Å². The Hall–Kier alpha value is -3.54. The normalized spacial score (nSPS) is 13.1. The molecule has 0 spiro atoms. The second kappa shape index (κ2) is 6.99. The average molecular weight is 361 g/mol. The molecule has 1 N–H and O–H groups in total. The highest BCUT2D eigenvalue weighted by atomic mass is 16.6. The van der Waals surface area contributed by atoms with Crippen LogP contribution in [0, 0.1) is 0 Å². The number of carbonyl (C=O) groups is 1. The van der Waals surface area contributed by atoms with Crippen molar-refractivity contribution in [2.24, 2.45) is 7.05 Å². The molecule has 1 aliphatic heterocycles. The summed E-state index contributed by atoms with van der Waals surface area (Å²) < 4.78 is 13.1. The van der Waals surface area contributed by atoms with E-state index in [2.05, 4.69) is 16.9 Å². The molecule has 6 nitrogen and oxygen atoms in total. The van der Waals surface area contributed by atoms with Gasteiger partial charge in [-0.2, -0.15) is 0 Å². The molecule has 4 rings (SSSR count). The molecule has 27 heavy (non-hydrogen) atoms. The van der Waals surface area contributed by atoms with Crippen molar-refractivity contribution < 1.29 is 14.3 Å². The number of rotatable bonds is 4. The molecule has 3 heterocycles. The zero-order valence-electron chi connectivity index (χ0n) is 14.9. The van der Waals surface area contributed by atoms with Gasteiger partial charge < -0.3 is 19.4 Å². The van der Waals surface area contributed by atoms with E-state index in [0.29, 0.717) is 18.9 Å². The summed E-state index contributed by atoms with van der Waals surface area (Å²) in [6.45, 7) is 4.61. The highest BCUT2D eigenvalue weighted by molar-refractivity contribution is 6.00. The van der Waals surface area contributed by atoms with E-state index in [-0.39, 0.29) is 5.91 Å². The molecule has 0 bridgehead atoms. The minimum atomic E-state index is -0.263. The number of fused-ring (bicyclic) bond motifs is 2. The zero-order valence-corrected chi connectivity index (χ0v) is 14.9. The number of amides is 1. The fraction of sp³-hybridized carbons (Fsp3) is 0.143. The monoisotopic (exact) mass is 361 g/mol. The predicted octanol–water partition coefficient (Wildman–Crippen LogP) is 3.64.